The number of nitrogens with one attached hydrogen (secondary N) is 2. The smallest absolute Gasteiger partial charge is 0.226 e. The molecule has 0 saturated carbocycles. The van der Waals surface area contributed by atoms with Gasteiger partial charge >= 0.3 is 0 Å². The van der Waals surface area contributed by atoms with Gasteiger partial charge in [0.15, 0.2) is 0 Å². The van der Waals surface area contributed by atoms with Crippen LogP contribution in [0.25, 0.3) is 21.8 Å². The van der Waals surface area contributed by atoms with Gasteiger partial charge < -0.3 is 58.3 Å². The third-order valence-electron chi connectivity index (χ3n) is 17.9. The summed E-state index contributed by atoms with van der Waals surface area (Å²) in [5.41, 5.74) is 15.9. The van der Waals surface area contributed by atoms with Crippen LogP contribution in [0.4, 0.5) is 0 Å². The molecular formula is C74H76N4O12. The van der Waals surface area contributed by atoms with E-state index in [1.165, 1.54) is 16.7 Å². The van der Waals surface area contributed by atoms with Crippen LogP contribution < -0.4 is 0 Å². The predicted molar refractivity (Wildman–Crippen MR) is 338 cm³/mol. The third kappa shape index (κ3) is 12.7. The van der Waals surface area contributed by atoms with Gasteiger partial charge in [0.25, 0.3) is 0 Å². The maximum atomic E-state index is 10.8. The highest BCUT2D eigenvalue weighted by molar-refractivity contribution is 5.85. The van der Waals surface area contributed by atoms with E-state index in [1.54, 1.807) is 0 Å². The second-order valence-corrected chi connectivity index (χ2v) is 23.7. The molecule has 6 N–H and O–H groups in total. The molecule has 10 aromatic rings. The molecule has 0 radical (unpaired) electrons. The van der Waals surface area contributed by atoms with Crippen molar-refractivity contribution in [1.82, 2.24) is 20.4 Å². The number of hydrogen-bond acceptors (Lipinski definition) is 14. The molecule has 6 heterocycles. The summed E-state index contributed by atoms with van der Waals surface area (Å²) >= 11 is 0. The second kappa shape index (κ2) is 27.4. The van der Waals surface area contributed by atoms with Gasteiger partial charge in [-0.3, -0.25) is 10.2 Å². The largest absolute Gasteiger partial charge is 0.394 e. The molecule has 14 rings (SSSR count). The summed E-state index contributed by atoms with van der Waals surface area (Å²) in [6.07, 6.45) is -4.76. The quantitative estimate of drug-likeness (QED) is 0.0419. The summed E-state index contributed by atoms with van der Waals surface area (Å²) in [5.74, 6) is -3.02. The van der Waals surface area contributed by atoms with Gasteiger partial charge in [0.05, 0.1) is 63.9 Å². The van der Waals surface area contributed by atoms with Gasteiger partial charge in [-0.25, -0.2) is 0 Å². The number of ether oxygens (including phenoxy) is 8. The first-order valence-electron chi connectivity index (χ1n) is 31.1. The Morgan fingerprint density at radius 3 is 1.37 bits per heavy atom. The van der Waals surface area contributed by atoms with E-state index in [9.17, 15) is 20.4 Å². The SMILES string of the molecule is CCc1ccc(Cc2[nH]nc3cc4c(cc23)[C@]2(OC4)O[C@H](CO)[C@@H](O)[C@H](O)[C@H]2O)cc1.CCc1ccc(Cc2[nH]nc3cc4c(cc23)[C@]2(OC4)O[C@H](COCc3ccccc3)[C@@H](OCc3ccccc3)[C@H](OCc3ccccc3)[C@H]2OCc2ccccc2)cc1. The zero-order chi connectivity index (χ0) is 61.6. The minimum Gasteiger partial charge on any atom is -0.394 e. The van der Waals surface area contributed by atoms with Crippen LogP contribution in [-0.4, -0.2) is 103 Å². The molecule has 0 bridgehead atoms. The molecule has 16 heteroatoms. The highest BCUT2D eigenvalue weighted by atomic mass is 16.8. The Morgan fingerprint density at radius 2 is 0.889 bits per heavy atom. The van der Waals surface area contributed by atoms with Gasteiger partial charge in [0, 0.05) is 46.1 Å². The lowest BCUT2D eigenvalue weighted by Gasteiger charge is -2.51. The Hall–Kier alpha value is -7.78. The standard InChI is InChI=1S/C51H50N2O6.C23H26N2O6/c1-2-36-23-25-37(26-24-36)27-45-43-29-44-42(28-46(43)53-52-45)34-58-51(44)50(57-33-41-21-13-6-14-22-41)49(56-32-40-19-11-5-12-20-40)48(55-31-39-17-9-4-10-18-39)47(59-51)35-54-30-38-15-7-3-8-16-38;1-2-12-3-5-13(6-4-12)7-17-15-9-16-14(8-18(15)25-24-17)11-30-23(16)22(29)21(28)20(27)19(10-26)31-23/h3-26,28-29,47-50H,2,27,30-35H2,1H3,(H,52,53);3-6,8-9,19-22,26-29H,2,7,10-11H2,1H3,(H,24,25)/t47-,48-,49+,50-,51+;19-,20-,21+,22-,23+/m11/s1. The number of aromatic amines is 2. The Balaban J connectivity index is 0.000000201. The average Bonchev–Trinajstić information content (AvgIpc) is 1.50. The molecule has 2 saturated heterocycles. The Bertz CT molecular complexity index is 3970. The van der Waals surface area contributed by atoms with Crippen molar-refractivity contribution in [3.8, 4) is 0 Å². The van der Waals surface area contributed by atoms with E-state index in [2.05, 4.69) is 138 Å². The van der Waals surface area contributed by atoms with Gasteiger partial charge in [0.2, 0.25) is 11.6 Å². The molecule has 4 aliphatic rings. The first-order valence-corrected chi connectivity index (χ1v) is 31.1. The predicted octanol–water partition coefficient (Wildman–Crippen LogP) is 10.6. The lowest BCUT2D eigenvalue weighted by atomic mass is 9.86. The summed E-state index contributed by atoms with van der Waals surface area (Å²) < 4.78 is 53.7. The van der Waals surface area contributed by atoms with Gasteiger partial charge in [-0.05, 0) is 92.7 Å². The topological polar surface area (TPSA) is 212 Å². The van der Waals surface area contributed by atoms with Gasteiger partial charge in [-0.2, -0.15) is 10.2 Å². The molecule has 0 amide bonds. The van der Waals surface area contributed by atoms with Crippen LogP contribution >= 0.6 is 0 Å². The molecular weight excluding hydrogens is 1140 g/mol. The number of hydrogen-bond donors (Lipinski definition) is 6. The molecule has 2 spiro atoms. The number of aromatic nitrogens is 4. The Kier molecular flexibility index (Phi) is 18.6. The normalized spacial score (nSPS) is 24.3. The van der Waals surface area contributed by atoms with Crippen molar-refractivity contribution in [2.75, 3.05) is 13.2 Å². The zero-order valence-corrected chi connectivity index (χ0v) is 50.5. The highest BCUT2D eigenvalue weighted by Gasteiger charge is 2.62. The Morgan fingerprint density at radius 1 is 0.467 bits per heavy atom. The minimum atomic E-state index is -1.66. The van der Waals surface area contributed by atoms with Gasteiger partial charge in [0.1, 0.15) is 48.8 Å². The number of rotatable bonds is 20. The van der Waals surface area contributed by atoms with Crippen LogP contribution in [0.2, 0.25) is 0 Å². The number of aliphatic hydroxyl groups is 4. The number of nitrogens with zero attached hydrogens (tertiary/aromatic N) is 2. The van der Waals surface area contributed by atoms with E-state index in [1.807, 2.05) is 84.9 Å². The van der Waals surface area contributed by atoms with Crippen LogP contribution in [-0.2, 0) is 115 Å². The van der Waals surface area contributed by atoms with E-state index in [0.29, 0.717) is 51.4 Å². The minimum absolute atomic E-state index is 0.157. The molecule has 10 atom stereocenters. The summed E-state index contributed by atoms with van der Waals surface area (Å²) in [5, 5.41) is 58.4. The fraction of sp³-hybridized carbons (Fsp3) is 0.324. The van der Waals surface area contributed by atoms with Gasteiger partial charge in [-0.15, -0.1) is 0 Å². The molecule has 464 valence electrons. The Labute approximate surface area is 523 Å². The van der Waals surface area contributed by atoms with Crippen LogP contribution in [0, 0.1) is 0 Å². The molecule has 0 aliphatic carbocycles. The number of aliphatic hydroxyl groups excluding tert-OH is 4. The lowest BCUT2D eigenvalue weighted by molar-refractivity contribution is -0.387. The molecule has 8 aromatic carbocycles. The first kappa shape index (κ1) is 61.1. The fourth-order valence-corrected chi connectivity index (χ4v) is 12.8. The van der Waals surface area contributed by atoms with Crippen molar-refractivity contribution in [2.45, 2.75) is 140 Å². The molecule has 4 aliphatic heterocycles. The maximum Gasteiger partial charge on any atom is 0.226 e. The van der Waals surface area contributed by atoms with E-state index in [0.717, 1.165) is 90.5 Å². The summed E-state index contributed by atoms with van der Waals surface area (Å²) in [7, 11) is 0. The number of aryl methyl sites for hydroxylation is 2. The van der Waals surface area contributed by atoms with E-state index in [-0.39, 0.29) is 13.2 Å². The number of fused-ring (bicyclic) bond motifs is 6. The van der Waals surface area contributed by atoms with Crippen molar-refractivity contribution in [3.05, 3.63) is 272 Å². The molecule has 90 heavy (non-hydrogen) atoms. The van der Waals surface area contributed by atoms with E-state index in [4.69, 9.17) is 43.0 Å². The lowest BCUT2D eigenvalue weighted by Crippen LogP contribution is -2.65. The molecule has 2 fully saturated rings. The van der Waals surface area contributed by atoms with E-state index < -0.39 is 67.0 Å². The van der Waals surface area contributed by atoms with Crippen molar-refractivity contribution in [1.29, 1.82) is 0 Å². The average molecular weight is 1210 g/mol. The molecule has 2 aromatic heterocycles. The highest BCUT2D eigenvalue weighted by Crippen LogP contribution is 2.51. The van der Waals surface area contributed by atoms with Crippen LogP contribution in [0.3, 0.4) is 0 Å². The fourth-order valence-electron chi connectivity index (χ4n) is 12.8. The first-order chi connectivity index (χ1) is 44.1. The number of H-pyrrole nitrogens is 2. The second-order valence-electron chi connectivity index (χ2n) is 23.7. The monoisotopic (exact) mass is 1210 g/mol. The molecule has 0 unspecified atom stereocenters. The van der Waals surface area contributed by atoms with Crippen molar-refractivity contribution >= 4 is 21.8 Å². The maximum absolute atomic E-state index is 10.8. The zero-order valence-electron chi connectivity index (χ0n) is 50.5. The van der Waals surface area contributed by atoms with Crippen molar-refractivity contribution < 1.29 is 58.3 Å². The summed E-state index contributed by atoms with van der Waals surface area (Å²) in [6, 6.07) is 66.0. The van der Waals surface area contributed by atoms with Crippen molar-refractivity contribution in [2.24, 2.45) is 0 Å². The summed E-state index contributed by atoms with van der Waals surface area (Å²) in [6.45, 7) is 5.90. The van der Waals surface area contributed by atoms with E-state index >= 15 is 0 Å². The third-order valence-corrected chi connectivity index (χ3v) is 17.9. The summed E-state index contributed by atoms with van der Waals surface area (Å²) in [4.78, 5) is 0. The van der Waals surface area contributed by atoms with Crippen molar-refractivity contribution in [3.63, 3.8) is 0 Å². The molecule has 16 nitrogen and oxygen atoms in total. The number of benzene rings is 8. The van der Waals surface area contributed by atoms with Crippen LogP contribution in [0.1, 0.15) is 92.0 Å². The van der Waals surface area contributed by atoms with Crippen LogP contribution in [0.15, 0.2) is 194 Å². The van der Waals surface area contributed by atoms with Gasteiger partial charge in [-0.1, -0.05) is 184 Å². The van der Waals surface area contributed by atoms with Crippen LogP contribution in [0.5, 0.6) is 0 Å².